The minimum atomic E-state index is -0.670. The van der Waals surface area contributed by atoms with Crippen molar-refractivity contribution in [1.29, 1.82) is 0 Å². The van der Waals surface area contributed by atoms with Gasteiger partial charge in [0.15, 0.2) is 0 Å². The molecule has 1 saturated heterocycles. The van der Waals surface area contributed by atoms with Crippen molar-refractivity contribution < 1.29 is 23.9 Å². The van der Waals surface area contributed by atoms with Gasteiger partial charge in [0.25, 0.3) is 5.91 Å². The zero-order valence-electron chi connectivity index (χ0n) is 34.6. The van der Waals surface area contributed by atoms with Crippen molar-refractivity contribution in [3.8, 4) is 11.8 Å². The summed E-state index contributed by atoms with van der Waals surface area (Å²) in [6.07, 6.45) is 10.8. The summed E-state index contributed by atoms with van der Waals surface area (Å²) in [5, 5.41) is 9.57. The summed E-state index contributed by atoms with van der Waals surface area (Å²) in [5.74, 6) is 5.96. The number of ether oxygens (including phenoxy) is 2. The van der Waals surface area contributed by atoms with Crippen LogP contribution in [0.5, 0.6) is 0 Å². The number of amides is 1. The summed E-state index contributed by atoms with van der Waals surface area (Å²) in [6, 6.07) is 13.0. The standard InChI is InChI=1S/C45H55N7O5/c1-30-34-20-19-32(41(53)48-40-28-37-33(29-47-40)27-39(36-18-16-23-50(36)8)52(37)43(55)57-45(5,6)7)26-38(34)51(49-30)24-15-13-11-9-10-12-14-17-31-21-22-46-35(25-31)42(54)56-44(2,3)4/h19-22,25-29,36H,9-13,15-16,18,23-24H2,1-8H3,(H,47,48,53)/t36-/m1/s1. The number of aryl methyl sites for hydroxylation is 2. The van der Waals surface area contributed by atoms with Crippen LogP contribution in [0.3, 0.4) is 0 Å². The summed E-state index contributed by atoms with van der Waals surface area (Å²) < 4.78 is 14.9. The number of anilines is 1. The summed E-state index contributed by atoms with van der Waals surface area (Å²) in [5.41, 5.74) is 3.59. The zero-order valence-corrected chi connectivity index (χ0v) is 34.6. The molecule has 1 aliphatic rings. The van der Waals surface area contributed by atoms with Crippen LogP contribution in [0.1, 0.15) is 137 Å². The molecule has 5 aromatic rings. The summed E-state index contributed by atoms with van der Waals surface area (Å²) in [4.78, 5) is 50.5. The molecule has 1 aliphatic heterocycles. The number of unbranched alkanes of at least 4 members (excludes halogenated alkanes) is 5. The first kappa shape index (κ1) is 41.1. The lowest BCUT2D eigenvalue weighted by atomic mass is 10.1. The number of benzene rings is 1. The normalized spacial score (nSPS) is 14.8. The Morgan fingerprint density at radius 3 is 2.39 bits per heavy atom. The molecule has 300 valence electrons. The number of nitrogens with one attached hydrogen (secondary N) is 1. The molecule has 1 aromatic carbocycles. The van der Waals surface area contributed by atoms with Crippen molar-refractivity contribution in [2.24, 2.45) is 0 Å². The van der Waals surface area contributed by atoms with Gasteiger partial charge in [-0.2, -0.15) is 5.10 Å². The van der Waals surface area contributed by atoms with E-state index in [9.17, 15) is 14.4 Å². The van der Waals surface area contributed by atoms with Crippen molar-refractivity contribution in [2.75, 3.05) is 18.9 Å². The largest absolute Gasteiger partial charge is 0.455 e. The fourth-order valence-electron chi connectivity index (χ4n) is 7.19. The minimum absolute atomic E-state index is 0.0798. The first-order chi connectivity index (χ1) is 27.1. The molecule has 0 radical (unpaired) electrons. The number of carbonyl (C=O) groups excluding carboxylic acids is 3. The van der Waals surface area contributed by atoms with E-state index in [4.69, 9.17) is 14.6 Å². The molecule has 12 heteroatoms. The van der Waals surface area contributed by atoms with Crippen LogP contribution < -0.4 is 5.32 Å². The molecule has 1 atom stereocenters. The molecule has 1 N–H and O–H groups in total. The second kappa shape index (κ2) is 17.3. The summed E-state index contributed by atoms with van der Waals surface area (Å²) in [7, 11) is 2.07. The Bertz CT molecular complexity index is 2330. The number of rotatable bonds is 11. The van der Waals surface area contributed by atoms with E-state index in [0.717, 1.165) is 97.7 Å². The average Bonchev–Trinajstić information content (AvgIpc) is 3.83. The van der Waals surface area contributed by atoms with E-state index in [-0.39, 0.29) is 17.6 Å². The van der Waals surface area contributed by atoms with Crippen LogP contribution in [0.4, 0.5) is 10.6 Å². The SMILES string of the molecule is Cc1nn(CCCCCCCC#Cc2ccnc(C(=O)OC(C)(C)C)c2)c2cc(C(=O)Nc3cc4c(cn3)cc([C@H]3CCCN3C)n4C(=O)OC(C)(C)C)ccc12. The van der Waals surface area contributed by atoms with Gasteiger partial charge in [-0.1, -0.05) is 37.2 Å². The molecule has 57 heavy (non-hydrogen) atoms. The molecule has 0 aliphatic carbocycles. The minimum Gasteiger partial charge on any atom is -0.455 e. The van der Waals surface area contributed by atoms with E-state index in [1.54, 1.807) is 35.2 Å². The van der Waals surface area contributed by atoms with Crippen molar-refractivity contribution in [1.82, 2.24) is 29.2 Å². The molecule has 5 heterocycles. The molecular formula is C45H55N7O5. The highest BCUT2D eigenvalue weighted by molar-refractivity contribution is 6.06. The Morgan fingerprint density at radius 2 is 1.65 bits per heavy atom. The smallest absolute Gasteiger partial charge is 0.419 e. The second-order valence-electron chi connectivity index (χ2n) is 16.9. The fraction of sp³-hybridized carbons (Fsp3) is 0.467. The van der Waals surface area contributed by atoms with Gasteiger partial charge < -0.3 is 14.8 Å². The molecule has 0 bridgehead atoms. The van der Waals surface area contributed by atoms with Gasteiger partial charge in [0.1, 0.15) is 22.7 Å². The average molecular weight is 774 g/mol. The van der Waals surface area contributed by atoms with Crippen LogP contribution in [0.15, 0.2) is 54.9 Å². The van der Waals surface area contributed by atoms with Crippen LogP contribution in [-0.2, 0) is 16.0 Å². The molecule has 1 amide bonds. The van der Waals surface area contributed by atoms with E-state index in [0.29, 0.717) is 16.9 Å². The number of likely N-dealkylation sites (tertiary alicyclic amines) is 1. The van der Waals surface area contributed by atoms with Crippen molar-refractivity contribution in [3.63, 3.8) is 0 Å². The zero-order chi connectivity index (χ0) is 40.9. The Kier molecular flexibility index (Phi) is 12.5. The highest BCUT2D eigenvalue weighted by Gasteiger charge is 2.31. The fourth-order valence-corrected chi connectivity index (χ4v) is 7.19. The number of nitrogens with zero attached hydrogens (tertiary/aromatic N) is 6. The van der Waals surface area contributed by atoms with Gasteiger partial charge in [-0.25, -0.2) is 24.1 Å². The lowest BCUT2D eigenvalue weighted by molar-refractivity contribution is 0.00623. The Labute approximate surface area is 335 Å². The van der Waals surface area contributed by atoms with Crippen molar-refractivity contribution in [2.45, 2.75) is 124 Å². The highest BCUT2D eigenvalue weighted by Crippen LogP contribution is 2.35. The molecule has 0 unspecified atom stereocenters. The van der Waals surface area contributed by atoms with Gasteiger partial charge in [-0.3, -0.25) is 14.4 Å². The van der Waals surface area contributed by atoms with Crippen molar-refractivity contribution >= 4 is 45.6 Å². The first-order valence-electron chi connectivity index (χ1n) is 20.0. The third-order valence-electron chi connectivity index (χ3n) is 9.86. The Balaban J connectivity index is 1.04. The monoisotopic (exact) mass is 773 g/mol. The van der Waals surface area contributed by atoms with E-state index in [1.165, 1.54) is 0 Å². The third kappa shape index (κ3) is 10.5. The highest BCUT2D eigenvalue weighted by atomic mass is 16.6. The molecule has 6 rings (SSSR count). The van der Waals surface area contributed by atoms with Gasteiger partial charge in [-0.05, 0) is 118 Å². The van der Waals surface area contributed by atoms with E-state index in [1.807, 2.05) is 77.4 Å². The number of fused-ring (bicyclic) bond motifs is 2. The lowest BCUT2D eigenvalue weighted by Crippen LogP contribution is -2.30. The van der Waals surface area contributed by atoms with Crippen LogP contribution in [0, 0.1) is 18.8 Å². The van der Waals surface area contributed by atoms with E-state index >= 15 is 0 Å². The summed E-state index contributed by atoms with van der Waals surface area (Å²) in [6.45, 7) is 14.7. The van der Waals surface area contributed by atoms with Crippen LogP contribution in [-0.4, -0.2) is 72.0 Å². The number of pyridine rings is 2. The molecule has 12 nitrogen and oxygen atoms in total. The predicted octanol–water partition coefficient (Wildman–Crippen LogP) is 9.24. The quantitative estimate of drug-likeness (QED) is 0.0792. The Hall–Kier alpha value is -5.54. The molecule has 0 saturated carbocycles. The van der Waals surface area contributed by atoms with Gasteiger partial charge in [0.05, 0.1) is 22.8 Å². The molecular weight excluding hydrogens is 719 g/mol. The maximum absolute atomic E-state index is 13.6. The van der Waals surface area contributed by atoms with Crippen LogP contribution in [0.25, 0.3) is 21.8 Å². The number of hydrogen-bond acceptors (Lipinski definition) is 9. The maximum atomic E-state index is 13.6. The number of esters is 1. The topological polar surface area (TPSA) is 133 Å². The maximum Gasteiger partial charge on any atom is 0.419 e. The van der Waals surface area contributed by atoms with Gasteiger partial charge in [0.2, 0.25) is 0 Å². The first-order valence-corrected chi connectivity index (χ1v) is 20.0. The van der Waals surface area contributed by atoms with Gasteiger partial charge in [-0.15, -0.1) is 0 Å². The number of carbonyl (C=O) groups is 3. The van der Waals surface area contributed by atoms with Crippen LogP contribution >= 0.6 is 0 Å². The molecule has 4 aromatic heterocycles. The lowest BCUT2D eigenvalue weighted by Gasteiger charge is -2.24. The van der Waals surface area contributed by atoms with E-state index in [2.05, 4.69) is 39.1 Å². The predicted molar refractivity (Wildman–Crippen MR) is 222 cm³/mol. The van der Waals surface area contributed by atoms with E-state index < -0.39 is 23.3 Å². The van der Waals surface area contributed by atoms with Gasteiger partial charge >= 0.3 is 12.1 Å². The van der Waals surface area contributed by atoms with Crippen molar-refractivity contribution in [3.05, 3.63) is 83.1 Å². The van der Waals surface area contributed by atoms with Crippen LogP contribution in [0.2, 0.25) is 0 Å². The summed E-state index contributed by atoms with van der Waals surface area (Å²) >= 11 is 0. The molecule has 1 fully saturated rings. The van der Waals surface area contributed by atoms with Gasteiger partial charge in [0, 0.05) is 59.0 Å². The Morgan fingerprint density at radius 1 is 0.895 bits per heavy atom. The second-order valence-corrected chi connectivity index (χ2v) is 16.9. The molecule has 0 spiro atoms. The third-order valence-corrected chi connectivity index (χ3v) is 9.86. The number of hydrogen-bond donors (Lipinski definition) is 1. The number of aromatic nitrogens is 5.